The zero-order valence-electron chi connectivity index (χ0n) is 30.5. The van der Waals surface area contributed by atoms with Gasteiger partial charge >= 0.3 is 11.9 Å². The smallest absolute Gasteiger partial charge is 0.321 e. The van der Waals surface area contributed by atoms with Crippen molar-refractivity contribution in [2.45, 2.75) is 70.6 Å². The molecule has 292 valence electrons. The average Bonchev–Trinajstić information content (AvgIpc) is 3.40. The monoisotopic (exact) mass is 733 g/mol. The number of likely N-dealkylation sites (tertiary alicyclic amines) is 1. The second kappa shape index (κ2) is 28.9. The second-order valence-corrected chi connectivity index (χ2v) is 10.9. The molecule has 51 heavy (non-hydrogen) atoms. The Hall–Kier alpha value is -4.86. The molecule has 21 nitrogen and oxygen atoms in total. The molecule has 0 aliphatic carbocycles. The van der Waals surface area contributed by atoms with Crippen molar-refractivity contribution in [3.8, 4) is 0 Å². The van der Waals surface area contributed by atoms with Crippen molar-refractivity contribution in [2.75, 3.05) is 61.4 Å². The van der Waals surface area contributed by atoms with E-state index < -0.39 is 47.8 Å². The number of amides is 5. The first-order chi connectivity index (χ1) is 23.7. The van der Waals surface area contributed by atoms with Gasteiger partial charge in [0.25, 0.3) is 0 Å². The maximum Gasteiger partial charge on any atom is 0.321 e. The molecular formula is C30H55N9O12. The highest BCUT2D eigenvalue weighted by Gasteiger charge is 2.30. The van der Waals surface area contributed by atoms with E-state index >= 15 is 0 Å². The number of nitrogens with two attached hydrogens (primary N) is 1. The normalized spacial score (nSPS) is 14.6. The summed E-state index contributed by atoms with van der Waals surface area (Å²) in [5, 5.41) is 34.6. The maximum absolute atomic E-state index is 11.4. The Kier molecular flexibility index (Phi) is 28.7. The summed E-state index contributed by atoms with van der Waals surface area (Å²) in [6.07, 6.45) is 0.380. The molecule has 1 aliphatic heterocycles. The van der Waals surface area contributed by atoms with Crippen molar-refractivity contribution in [2.24, 2.45) is 5.73 Å². The van der Waals surface area contributed by atoms with Gasteiger partial charge < -0.3 is 58.1 Å². The van der Waals surface area contributed by atoms with Crippen LogP contribution in [0, 0.1) is 0 Å². The Balaban J connectivity index is -0.000000605. The largest absolute Gasteiger partial charge is 0.481 e. The minimum Gasteiger partial charge on any atom is -0.481 e. The number of ketones is 3. The molecule has 0 aromatic heterocycles. The predicted molar refractivity (Wildman–Crippen MR) is 183 cm³/mol. The number of carbonyl (C=O) groups is 10. The Bertz CT molecular complexity index is 1150. The summed E-state index contributed by atoms with van der Waals surface area (Å²) in [4.78, 5) is 109. The van der Waals surface area contributed by atoms with Gasteiger partial charge in [-0.3, -0.25) is 47.9 Å². The van der Waals surface area contributed by atoms with Gasteiger partial charge in [-0.1, -0.05) is 0 Å². The Morgan fingerprint density at radius 2 is 1.18 bits per heavy atom. The molecule has 0 spiro atoms. The van der Waals surface area contributed by atoms with Crippen LogP contribution in [0.15, 0.2) is 0 Å². The minimum atomic E-state index is -1.07. The Morgan fingerprint density at radius 1 is 0.725 bits per heavy atom. The maximum atomic E-state index is 11.4. The zero-order chi connectivity index (χ0) is 40.3. The van der Waals surface area contributed by atoms with Gasteiger partial charge in [0.1, 0.15) is 23.4 Å². The van der Waals surface area contributed by atoms with E-state index in [0.29, 0.717) is 6.54 Å². The summed E-state index contributed by atoms with van der Waals surface area (Å²) < 4.78 is 0. The van der Waals surface area contributed by atoms with Gasteiger partial charge in [-0.05, 0) is 55.4 Å². The number of carboxylic acids is 2. The fraction of sp³-hybridized carbons (Fsp3) is 0.667. The number of likely N-dealkylation sites (N-methyl/N-ethyl adjacent to an activating group) is 4. The molecule has 0 radical (unpaired) electrons. The third-order valence-corrected chi connectivity index (χ3v) is 6.51. The van der Waals surface area contributed by atoms with Gasteiger partial charge in [-0.15, -0.1) is 0 Å². The average molecular weight is 734 g/mol. The molecule has 1 fully saturated rings. The molecule has 11 N–H and O–H groups in total. The van der Waals surface area contributed by atoms with E-state index in [4.69, 9.17) is 15.9 Å². The first-order valence-corrected chi connectivity index (χ1v) is 15.7. The highest BCUT2D eigenvalue weighted by atomic mass is 16.4. The summed E-state index contributed by atoms with van der Waals surface area (Å²) in [7, 11) is 7.76. The van der Waals surface area contributed by atoms with Gasteiger partial charge in [-0.25, -0.2) is 0 Å². The Morgan fingerprint density at radius 3 is 1.47 bits per heavy atom. The molecule has 5 amide bonds. The number of hydrogen-bond acceptors (Lipinski definition) is 14. The first kappa shape index (κ1) is 50.5. The predicted octanol–water partition coefficient (Wildman–Crippen LogP) is -4.90. The van der Waals surface area contributed by atoms with E-state index in [1.807, 2.05) is 0 Å². The molecule has 0 aromatic carbocycles. The van der Waals surface area contributed by atoms with Crippen LogP contribution >= 0.6 is 0 Å². The molecule has 1 heterocycles. The molecule has 0 bridgehead atoms. The number of primary amides is 1. The second-order valence-electron chi connectivity index (χ2n) is 10.9. The number of carboxylic acid groups (broad SMARTS) is 2. The fourth-order valence-corrected chi connectivity index (χ4v) is 3.73. The third-order valence-electron chi connectivity index (χ3n) is 6.51. The molecular weight excluding hydrogens is 678 g/mol. The van der Waals surface area contributed by atoms with Gasteiger partial charge in [0.05, 0.1) is 57.0 Å². The van der Waals surface area contributed by atoms with Gasteiger partial charge in [0.2, 0.25) is 29.5 Å². The lowest BCUT2D eigenvalue weighted by molar-refractivity contribution is -0.141. The summed E-state index contributed by atoms with van der Waals surface area (Å²) in [5.41, 5.74) is 4.94. The molecule has 0 aromatic rings. The van der Waals surface area contributed by atoms with Crippen LogP contribution < -0.4 is 43.0 Å². The van der Waals surface area contributed by atoms with Crippen molar-refractivity contribution < 1.29 is 58.2 Å². The fourth-order valence-electron chi connectivity index (χ4n) is 3.73. The van der Waals surface area contributed by atoms with Crippen LogP contribution in [-0.2, 0) is 47.9 Å². The van der Waals surface area contributed by atoms with Crippen LogP contribution in [0.4, 0.5) is 0 Å². The van der Waals surface area contributed by atoms with Crippen molar-refractivity contribution in [1.82, 2.24) is 42.1 Å². The van der Waals surface area contributed by atoms with Crippen LogP contribution in [0.3, 0.4) is 0 Å². The van der Waals surface area contributed by atoms with Crippen molar-refractivity contribution >= 4 is 58.8 Å². The molecule has 1 saturated heterocycles. The van der Waals surface area contributed by atoms with E-state index in [-0.39, 0.29) is 74.1 Å². The number of carbonyl (C=O) groups excluding carboxylic acids is 8. The lowest BCUT2D eigenvalue weighted by Crippen LogP contribution is -2.45. The van der Waals surface area contributed by atoms with Crippen LogP contribution in [0.25, 0.3) is 0 Å². The van der Waals surface area contributed by atoms with Crippen molar-refractivity contribution in [3.63, 3.8) is 0 Å². The molecule has 0 saturated carbocycles. The molecule has 1 aliphatic rings. The first-order valence-electron chi connectivity index (χ1n) is 15.7. The number of nitrogens with one attached hydrogen (secondary N) is 7. The zero-order valence-corrected chi connectivity index (χ0v) is 30.5. The van der Waals surface area contributed by atoms with E-state index in [1.54, 1.807) is 19.0 Å². The molecule has 1 rings (SSSR count). The van der Waals surface area contributed by atoms with Crippen molar-refractivity contribution in [1.29, 1.82) is 0 Å². The van der Waals surface area contributed by atoms with Crippen LogP contribution in [0.5, 0.6) is 0 Å². The molecule has 4 atom stereocenters. The van der Waals surface area contributed by atoms with Crippen LogP contribution in [0.2, 0.25) is 0 Å². The highest BCUT2D eigenvalue weighted by Crippen LogP contribution is 2.09. The number of aliphatic carboxylic acids is 2. The summed E-state index contributed by atoms with van der Waals surface area (Å²) in [5.74, 6) is -4.05. The van der Waals surface area contributed by atoms with Gasteiger partial charge in [-0.2, -0.15) is 0 Å². The quantitative estimate of drug-likeness (QED) is 0.0595. The summed E-state index contributed by atoms with van der Waals surface area (Å²) in [6.45, 7) is 5.06. The topological polar surface area (TPSA) is 325 Å². The number of rotatable bonds is 19. The van der Waals surface area contributed by atoms with Gasteiger partial charge in [0.15, 0.2) is 0 Å². The number of hydrogen-bond donors (Lipinski definition) is 10. The van der Waals surface area contributed by atoms with E-state index in [1.165, 1.54) is 41.9 Å². The number of nitrogens with zero attached hydrogens (tertiary/aromatic N) is 1. The Labute approximate surface area is 296 Å². The van der Waals surface area contributed by atoms with E-state index in [2.05, 4.69) is 37.2 Å². The molecule has 4 unspecified atom stereocenters. The van der Waals surface area contributed by atoms with Crippen LogP contribution in [-0.4, -0.2) is 160 Å². The third kappa shape index (κ3) is 26.7. The SMILES string of the molecule is CNC(=O)CC(NC)C(=O)O.CNC(CC(=O)O)C(=O)NCC(C)=O.CNC(CC(N)=O)C(=O)NCC(C)=O.CNC1CCN(CC(C)=O)C1=O. The van der Waals surface area contributed by atoms with Crippen molar-refractivity contribution in [3.05, 3.63) is 0 Å². The van der Waals surface area contributed by atoms with Crippen LogP contribution in [0.1, 0.15) is 46.5 Å². The number of Topliss-reactive ketones (excluding diaryl/α,β-unsaturated/α-hetero) is 3. The minimum absolute atomic E-state index is 0.0320. The summed E-state index contributed by atoms with van der Waals surface area (Å²) in [6, 6.07) is -2.35. The van der Waals surface area contributed by atoms with E-state index in [0.717, 1.165) is 6.42 Å². The molecule has 21 heteroatoms. The lowest BCUT2D eigenvalue weighted by Gasteiger charge is -2.13. The highest BCUT2D eigenvalue weighted by molar-refractivity contribution is 5.91. The lowest BCUT2D eigenvalue weighted by atomic mass is 10.2. The van der Waals surface area contributed by atoms with E-state index in [9.17, 15) is 47.9 Å². The summed E-state index contributed by atoms with van der Waals surface area (Å²) >= 11 is 0. The van der Waals surface area contributed by atoms with Gasteiger partial charge in [0, 0.05) is 13.6 Å². The standard InChI is InChI=1S/C8H15N3O3.C8H14N2O4.C8H14N2O2.C6H12N2O3/c1-5(12)4-11-8(14)6(10-2)3-7(9)13;1-5(11)4-10-8(14)6(9-2)3-7(12)13;1-6(11)5-10-4-3-7(9-2)8(10)12;1-7-4(6(10)11)3-5(9)8-2/h6,10H,3-4H2,1-2H3,(H2,9,13)(H,11,14);6,9H,3-4H2,1-2H3,(H,10,14)(H,12,13);7,9H,3-5H2,1-2H3;4,7H,3H2,1-2H3,(H,8,9)(H,10,11).